The lowest BCUT2D eigenvalue weighted by molar-refractivity contribution is -0.124. The van der Waals surface area contributed by atoms with Gasteiger partial charge < -0.3 is 20.9 Å². The summed E-state index contributed by atoms with van der Waals surface area (Å²) in [6.45, 7) is 3.43. The Labute approximate surface area is 101 Å². The van der Waals surface area contributed by atoms with Gasteiger partial charge in [0.15, 0.2) is 6.10 Å². The molecule has 0 saturated heterocycles. The van der Waals surface area contributed by atoms with Crippen molar-refractivity contribution in [1.82, 2.24) is 0 Å². The number of benzene rings is 1. The van der Waals surface area contributed by atoms with Gasteiger partial charge in [-0.25, -0.2) is 0 Å². The summed E-state index contributed by atoms with van der Waals surface area (Å²) in [4.78, 5) is 11.0. The van der Waals surface area contributed by atoms with Crippen LogP contribution in [0.1, 0.15) is 25.5 Å². The predicted octanol–water partition coefficient (Wildman–Crippen LogP) is 0.968. The highest BCUT2D eigenvalue weighted by Gasteiger charge is 2.15. The summed E-state index contributed by atoms with van der Waals surface area (Å²) in [5.74, 6) is 0.634. The Kier molecular flexibility index (Phi) is 4.34. The summed E-state index contributed by atoms with van der Waals surface area (Å²) in [5.41, 5.74) is 11.8. The number of rotatable bonds is 5. The third-order valence-corrected chi connectivity index (χ3v) is 2.42. The van der Waals surface area contributed by atoms with Gasteiger partial charge >= 0.3 is 0 Å². The number of methoxy groups -OCH3 is 1. The maximum Gasteiger partial charge on any atom is 0.258 e. The van der Waals surface area contributed by atoms with Gasteiger partial charge in [-0.15, -0.1) is 0 Å². The number of hydrogen-bond acceptors (Lipinski definition) is 4. The van der Waals surface area contributed by atoms with Gasteiger partial charge in [0.05, 0.1) is 7.11 Å². The molecule has 0 aliphatic rings. The summed E-state index contributed by atoms with van der Waals surface area (Å²) < 4.78 is 10.6. The second-order valence-corrected chi connectivity index (χ2v) is 3.85. The summed E-state index contributed by atoms with van der Waals surface area (Å²) in [6.07, 6.45) is -0.709. The molecule has 0 aliphatic carbocycles. The zero-order valence-electron chi connectivity index (χ0n) is 10.3. The van der Waals surface area contributed by atoms with E-state index in [4.69, 9.17) is 20.9 Å². The molecule has 0 radical (unpaired) electrons. The van der Waals surface area contributed by atoms with Crippen molar-refractivity contribution < 1.29 is 14.3 Å². The minimum atomic E-state index is -0.709. The largest absolute Gasteiger partial charge is 0.497 e. The van der Waals surface area contributed by atoms with Crippen LogP contribution < -0.4 is 20.9 Å². The number of ether oxygens (including phenoxy) is 2. The van der Waals surface area contributed by atoms with Gasteiger partial charge in [-0.3, -0.25) is 4.79 Å². The molecule has 0 fully saturated rings. The zero-order chi connectivity index (χ0) is 13.0. The van der Waals surface area contributed by atoms with E-state index in [0.29, 0.717) is 11.5 Å². The van der Waals surface area contributed by atoms with E-state index in [2.05, 4.69) is 0 Å². The van der Waals surface area contributed by atoms with Crippen LogP contribution in [0.15, 0.2) is 18.2 Å². The van der Waals surface area contributed by atoms with E-state index in [1.165, 1.54) is 0 Å². The Balaban J connectivity index is 3.04. The predicted molar refractivity (Wildman–Crippen MR) is 64.9 cm³/mol. The van der Waals surface area contributed by atoms with Crippen LogP contribution in [0.5, 0.6) is 11.5 Å². The molecule has 5 nitrogen and oxygen atoms in total. The average Bonchev–Trinajstić information content (AvgIpc) is 2.28. The summed E-state index contributed by atoms with van der Waals surface area (Å²) in [5, 5.41) is 0. The molecule has 1 amide bonds. The van der Waals surface area contributed by atoms with Crippen LogP contribution in [0.2, 0.25) is 0 Å². The average molecular weight is 238 g/mol. The van der Waals surface area contributed by atoms with E-state index in [-0.39, 0.29) is 6.04 Å². The Morgan fingerprint density at radius 2 is 2.00 bits per heavy atom. The maximum absolute atomic E-state index is 11.0. The minimum absolute atomic E-state index is 0.198. The molecule has 1 aromatic carbocycles. The summed E-state index contributed by atoms with van der Waals surface area (Å²) in [6, 6.07) is 5.10. The van der Waals surface area contributed by atoms with Gasteiger partial charge in [-0.05, 0) is 19.9 Å². The van der Waals surface area contributed by atoms with Crippen LogP contribution in [-0.2, 0) is 4.79 Å². The molecule has 0 saturated carbocycles. The minimum Gasteiger partial charge on any atom is -0.497 e. The highest BCUT2D eigenvalue weighted by atomic mass is 16.5. The van der Waals surface area contributed by atoms with Gasteiger partial charge in [0.25, 0.3) is 5.91 Å². The highest BCUT2D eigenvalue weighted by Crippen LogP contribution is 2.29. The monoisotopic (exact) mass is 238 g/mol. The summed E-state index contributed by atoms with van der Waals surface area (Å²) in [7, 11) is 1.56. The molecule has 0 bridgehead atoms. The van der Waals surface area contributed by atoms with E-state index >= 15 is 0 Å². The van der Waals surface area contributed by atoms with Crippen LogP contribution in [-0.4, -0.2) is 19.1 Å². The van der Waals surface area contributed by atoms with Crippen LogP contribution in [0.25, 0.3) is 0 Å². The van der Waals surface area contributed by atoms with E-state index in [1.54, 1.807) is 26.2 Å². The maximum atomic E-state index is 11.0. The van der Waals surface area contributed by atoms with Crippen LogP contribution >= 0.6 is 0 Å². The topological polar surface area (TPSA) is 87.6 Å². The first-order chi connectivity index (χ1) is 7.95. The van der Waals surface area contributed by atoms with Crippen molar-refractivity contribution in [1.29, 1.82) is 0 Å². The van der Waals surface area contributed by atoms with Crippen molar-refractivity contribution >= 4 is 5.91 Å². The van der Waals surface area contributed by atoms with Crippen molar-refractivity contribution in [2.75, 3.05) is 7.11 Å². The molecule has 1 aromatic rings. The Bertz CT molecular complexity index is 405. The summed E-state index contributed by atoms with van der Waals surface area (Å²) >= 11 is 0. The molecule has 0 spiro atoms. The first-order valence-electron chi connectivity index (χ1n) is 5.35. The quantitative estimate of drug-likeness (QED) is 0.800. The Hall–Kier alpha value is -1.75. The van der Waals surface area contributed by atoms with Gasteiger partial charge in [0.2, 0.25) is 0 Å². The fourth-order valence-corrected chi connectivity index (χ4v) is 1.37. The number of primary amides is 1. The molecular formula is C12H18N2O3. The lowest BCUT2D eigenvalue weighted by Crippen LogP contribution is -2.31. The number of nitrogens with two attached hydrogens (primary N) is 2. The van der Waals surface area contributed by atoms with Crippen molar-refractivity contribution in [2.24, 2.45) is 11.5 Å². The van der Waals surface area contributed by atoms with Crippen molar-refractivity contribution in [3.05, 3.63) is 23.8 Å². The van der Waals surface area contributed by atoms with Crippen LogP contribution in [0.3, 0.4) is 0 Å². The third-order valence-electron chi connectivity index (χ3n) is 2.42. The third kappa shape index (κ3) is 3.35. The molecule has 0 aromatic heterocycles. The van der Waals surface area contributed by atoms with Gasteiger partial charge in [0, 0.05) is 17.7 Å². The second-order valence-electron chi connectivity index (χ2n) is 3.85. The first kappa shape index (κ1) is 13.3. The molecule has 17 heavy (non-hydrogen) atoms. The molecule has 1 rings (SSSR count). The van der Waals surface area contributed by atoms with Gasteiger partial charge in [-0.1, -0.05) is 6.07 Å². The fraction of sp³-hybridized carbons (Fsp3) is 0.417. The first-order valence-corrected chi connectivity index (χ1v) is 5.35. The number of hydrogen-bond donors (Lipinski definition) is 2. The van der Waals surface area contributed by atoms with Crippen molar-refractivity contribution in [3.63, 3.8) is 0 Å². The van der Waals surface area contributed by atoms with Crippen molar-refractivity contribution in [2.45, 2.75) is 26.0 Å². The lowest BCUT2D eigenvalue weighted by Gasteiger charge is -2.17. The molecule has 2 atom stereocenters. The molecule has 1 unspecified atom stereocenters. The SMILES string of the molecule is COc1ccc([C@@H](C)N)c(OC(C)C(N)=O)c1. The van der Waals surface area contributed by atoms with Gasteiger partial charge in [0.1, 0.15) is 11.5 Å². The van der Waals surface area contributed by atoms with Gasteiger partial charge in [-0.2, -0.15) is 0 Å². The second kappa shape index (κ2) is 5.54. The Morgan fingerprint density at radius 3 is 2.47 bits per heavy atom. The van der Waals surface area contributed by atoms with Crippen molar-refractivity contribution in [3.8, 4) is 11.5 Å². The molecule has 5 heteroatoms. The normalized spacial score (nSPS) is 13.9. The zero-order valence-corrected chi connectivity index (χ0v) is 10.3. The molecule has 4 N–H and O–H groups in total. The highest BCUT2D eigenvalue weighted by molar-refractivity contribution is 5.78. The molecule has 0 aliphatic heterocycles. The fourth-order valence-electron chi connectivity index (χ4n) is 1.37. The number of carbonyl (C=O) groups excluding carboxylic acids is 1. The Morgan fingerprint density at radius 1 is 1.35 bits per heavy atom. The van der Waals surface area contributed by atoms with Crippen LogP contribution in [0.4, 0.5) is 0 Å². The van der Waals surface area contributed by atoms with E-state index in [1.807, 2.05) is 13.0 Å². The lowest BCUT2D eigenvalue weighted by atomic mass is 10.1. The smallest absolute Gasteiger partial charge is 0.258 e. The molecule has 94 valence electrons. The van der Waals surface area contributed by atoms with E-state index < -0.39 is 12.0 Å². The number of carbonyl (C=O) groups is 1. The van der Waals surface area contributed by atoms with Crippen LogP contribution in [0, 0.1) is 0 Å². The molecular weight excluding hydrogens is 220 g/mol. The number of amides is 1. The standard InChI is InChI=1S/C12H18N2O3/c1-7(13)10-5-4-9(16-3)6-11(10)17-8(2)12(14)15/h4-8H,13H2,1-3H3,(H2,14,15)/t7-,8?/m1/s1. The van der Waals surface area contributed by atoms with E-state index in [9.17, 15) is 4.79 Å². The molecule has 0 heterocycles. The van der Waals surface area contributed by atoms with E-state index in [0.717, 1.165) is 5.56 Å².